The molecule has 0 aliphatic carbocycles. The van der Waals surface area contributed by atoms with Crippen molar-refractivity contribution in [3.8, 4) is 0 Å². The molecule has 0 aromatic carbocycles. The molecular formula is C7H18BrNO2. The van der Waals surface area contributed by atoms with E-state index in [1.54, 1.807) is 7.11 Å². The Labute approximate surface area is 79.0 Å². The van der Waals surface area contributed by atoms with Crippen LogP contribution in [0.25, 0.3) is 0 Å². The van der Waals surface area contributed by atoms with Crippen LogP contribution >= 0.6 is 17.0 Å². The molecule has 0 spiro atoms. The minimum atomic E-state index is -0.210. The number of hydrogen-bond donors (Lipinski definition) is 1. The summed E-state index contributed by atoms with van der Waals surface area (Å²) in [5.74, 6) is 0. The summed E-state index contributed by atoms with van der Waals surface area (Å²) in [4.78, 5) is 0. The minimum absolute atomic E-state index is 0. The standard InChI is InChI=1S/C7H17NO2.BrH/c1-7(2,6-8)10-5-4-9-3;/h4-6,8H2,1-3H3;1H. The van der Waals surface area contributed by atoms with Crippen molar-refractivity contribution in [3.05, 3.63) is 0 Å². The lowest BCUT2D eigenvalue weighted by atomic mass is 10.1. The van der Waals surface area contributed by atoms with E-state index in [-0.39, 0.29) is 22.6 Å². The van der Waals surface area contributed by atoms with Crippen molar-refractivity contribution in [2.24, 2.45) is 5.73 Å². The lowest BCUT2D eigenvalue weighted by Gasteiger charge is -2.22. The van der Waals surface area contributed by atoms with Gasteiger partial charge in [-0.05, 0) is 13.8 Å². The first-order valence-electron chi connectivity index (χ1n) is 3.45. The molecule has 0 aliphatic heterocycles. The lowest BCUT2D eigenvalue weighted by Crippen LogP contribution is -2.35. The Bertz CT molecular complexity index is 88.5. The van der Waals surface area contributed by atoms with Gasteiger partial charge in [0.2, 0.25) is 0 Å². The van der Waals surface area contributed by atoms with Crippen LogP contribution in [0.5, 0.6) is 0 Å². The van der Waals surface area contributed by atoms with Crippen LogP contribution < -0.4 is 5.73 Å². The fourth-order valence-corrected chi connectivity index (χ4v) is 0.460. The van der Waals surface area contributed by atoms with E-state index in [4.69, 9.17) is 15.2 Å². The third-order valence-electron chi connectivity index (χ3n) is 1.27. The van der Waals surface area contributed by atoms with Crippen LogP contribution in [0.3, 0.4) is 0 Å². The van der Waals surface area contributed by atoms with Crippen LogP contribution in [0, 0.1) is 0 Å². The molecular weight excluding hydrogens is 210 g/mol. The molecule has 0 amide bonds. The Morgan fingerprint density at radius 2 is 1.82 bits per heavy atom. The monoisotopic (exact) mass is 227 g/mol. The molecule has 0 aliphatic rings. The van der Waals surface area contributed by atoms with Gasteiger partial charge in [0, 0.05) is 13.7 Å². The topological polar surface area (TPSA) is 44.5 Å². The molecule has 0 saturated carbocycles. The van der Waals surface area contributed by atoms with Gasteiger partial charge in [-0.3, -0.25) is 0 Å². The average molecular weight is 228 g/mol. The summed E-state index contributed by atoms with van der Waals surface area (Å²) in [5.41, 5.74) is 5.21. The third-order valence-corrected chi connectivity index (χ3v) is 1.27. The van der Waals surface area contributed by atoms with Gasteiger partial charge < -0.3 is 15.2 Å². The van der Waals surface area contributed by atoms with Crippen molar-refractivity contribution >= 4 is 17.0 Å². The van der Waals surface area contributed by atoms with Gasteiger partial charge in [-0.1, -0.05) is 0 Å². The van der Waals surface area contributed by atoms with Gasteiger partial charge in [-0.15, -0.1) is 17.0 Å². The second-order valence-corrected chi connectivity index (χ2v) is 2.81. The molecule has 4 heteroatoms. The van der Waals surface area contributed by atoms with Crippen LogP contribution in [0.4, 0.5) is 0 Å². The lowest BCUT2D eigenvalue weighted by molar-refractivity contribution is -0.0330. The molecule has 0 unspecified atom stereocenters. The van der Waals surface area contributed by atoms with Gasteiger partial charge in [0.15, 0.2) is 0 Å². The van der Waals surface area contributed by atoms with Crippen molar-refractivity contribution in [1.82, 2.24) is 0 Å². The predicted molar refractivity (Wildman–Crippen MR) is 51.3 cm³/mol. The Hall–Kier alpha value is 0.360. The molecule has 3 nitrogen and oxygen atoms in total. The van der Waals surface area contributed by atoms with Crippen LogP contribution in [-0.4, -0.2) is 32.5 Å². The molecule has 0 radical (unpaired) electrons. The molecule has 2 N–H and O–H groups in total. The van der Waals surface area contributed by atoms with Gasteiger partial charge in [0.25, 0.3) is 0 Å². The molecule has 0 rings (SSSR count). The summed E-state index contributed by atoms with van der Waals surface area (Å²) in [6.45, 7) is 5.70. The van der Waals surface area contributed by atoms with E-state index in [0.717, 1.165) is 0 Å². The van der Waals surface area contributed by atoms with Crippen LogP contribution in [0.15, 0.2) is 0 Å². The summed E-state index contributed by atoms with van der Waals surface area (Å²) in [5, 5.41) is 0. The molecule has 0 fully saturated rings. The Morgan fingerprint density at radius 3 is 2.18 bits per heavy atom. The van der Waals surface area contributed by atoms with Gasteiger partial charge >= 0.3 is 0 Å². The summed E-state index contributed by atoms with van der Waals surface area (Å²) < 4.78 is 10.2. The second-order valence-electron chi connectivity index (χ2n) is 2.81. The molecule has 0 bridgehead atoms. The van der Waals surface area contributed by atoms with Crippen LogP contribution in [-0.2, 0) is 9.47 Å². The Kier molecular flexibility index (Phi) is 8.90. The van der Waals surface area contributed by atoms with Crippen molar-refractivity contribution < 1.29 is 9.47 Å². The number of hydrogen-bond acceptors (Lipinski definition) is 3. The zero-order chi connectivity index (χ0) is 8.04. The summed E-state index contributed by atoms with van der Waals surface area (Å²) >= 11 is 0. The van der Waals surface area contributed by atoms with Gasteiger partial charge in [-0.25, -0.2) is 0 Å². The maximum Gasteiger partial charge on any atom is 0.0749 e. The number of halogens is 1. The second kappa shape index (κ2) is 7.03. The number of nitrogens with two attached hydrogens (primary N) is 1. The molecule has 0 saturated heterocycles. The minimum Gasteiger partial charge on any atom is -0.382 e. The highest BCUT2D eigenvalue weighted by Crippen LogP contribution is 2.04. The van der Waals surface area contributed by atoms with Crippen molar-refractivity contribution in [2.75, 3.05) is 26.9 Å². The van der Waals surface area contributed by atoms with Gasteiger partial charge in [0.05, 0.1) is 18.8 Å². The SMILES string of the molecule is Br.COCCOC(C)(C)CN. The molecule has 70 valence electrons. The van der Waals surface area contributed by atoms with E-state index >= 15 is 0 Å². The van der Waals surface area contributed by atoms with Gasteiger partial charge in [0.1, 0.15) is 0 Å². The number of methoxy groups -OCH3 is 1. The molecule has 0 atom stereocenters. The van der Waals surface area contributed by atoms with Gasteiger partial charge in [-0.2, -0.15) is 0 Å². The predicted octanol–water partition coefficient (Wildman–Crippen LogP) is 0.965. The van der Waals surface area contributed by atoms with Crippen molar-refractivity contribution in [2.45, 2.75) is 19.4 Å². The third kappa shape index (κ3) is 8.26. The van der Waals surface area contributed by atoms with E-state index in [9.17, 15) is 0 Å². The Balaban J connectivity index is 0. The van der Waals surface area contributed by atoms with Crippen molar-refractivity contribution in [1.29, 1.82) is 0 Å². The highest BCUT2D eigenvalue weighted by atomic mass is 79.9. The van der Waals surface area contributed by atoms with E-state index in [1.807, 2.05) is 13.8 Å². The summed E-state index contributed by atoms with van der Waals surface area (Å²) in [6.07, 6.45) is 0. The van der Waals surface area contributed by atoms with E-state index in [2.05, 4.69) is 0 Å². The Morgan fingerprint density at radius 1 is 1.27 bits per heavy atom. The maximum absolute atomic E-state index is 5.42. The zero-order valence-electron chi connectivity index (χ0n) is 7.42. The largest absolute Gasteiger partial charge is 0.382 e. The van der Waals surface area contributed by atoms with E-state index in [0.29, 0.717) is 19.8 Å². The van der Waals surface area contributed by atoms with Crippen LogP contribution in [0.2, 0.25) is 0 Å². The molecule has 0 aromatic rings. The fourth-order valence-electron chi connectivity index (χ4n) is 0.460. The van der Waals surface area contributed by atoms with Crippen LogP contribution in [0.1, 0.15) is 13.8 Å². The first kappa shape index (κ1) is 13.9. The first-order chi connectivity index (χ1) is 4.62. The highest BCUT2D eigenvalue weighted by Gasteiger charge is 2.14. The smallest absolute Gasteiger partial charge is 0.0749 e. The van der Waals surface area contributed by atoms with Crippen molar-refractivity contribution in [3.63, 3.8) is 0 Å². The highest BCUT2D eigenvalue weighted by molar-refractivity contribution is 8.93. The summed E-state index contributed by atoms with van der Waals surface area (Å²) in [6, 6.07) is 0. The summed E-state index contributed by atoms with van der Waals surface area (Å²) in [7, 11) is 1.65. The fraction of sp³-hybridized carbons (Fsp3) is 1.00. The number of rotatable bonds is 5. The molecule has 0 heterocycles. The average Bonchev–Trinajstić information content (AvgIpc) is 1.89. The maximum atomic E-state index is 5.42. The molecule has 0 aromatic heterocycles. The zero-order valence-corrected chi connectivity index (χ0v) is 9.14. The first-order valence-corrected chi connectivity index (χ1v) is 3.45. The molecule has 11 heavy (non-hydrogen) atoms. The van der Waals surface area contributed by atoms with E-state index < -0.39 is 0 Å². The quantitative estimate of drug-likeness (QED) is 0.713. The van der Waals surface area contributed by atoms with E-state index in [1.165, 1.54) is 0 Å². The normalized spacial score (nSPS) is 10.9. The number of ether oxygens (including phenoxy) is 2.